The van der Waals surface area contributed by atoms with Crippen LogP contribution in [0.3, 0.4) is 0 Å². The largest absolute Gasteiger partial charge is 0.367 e. The van der Waals surface area contributed by atoms with E-state index in [-0.39, 0.29) is 0 Å². The lowest BCUT2D eigenvalue weighted by Gasteiger charge is -2.01. The first-order valence-electron chi connectivity index (χ1n) is 5.40. The Bertz CT molecular complexity index is 736. The van der Waals surface area contributed by atoms with Crippen LogP contribution in [0.25, 0.3) is 22.4 Å². The SMILES string of the molecule is Nc1onc(-c2csc(Br)c2)c1-c1cccc(Br)c1. The molecule has 1 aromatic carbocycles. The molecule has 0 saturated heterocycles. The minimum Gasteiger partial charge on any atom is -0.367 e. The van der Waals surface area contributed by atoms with Crippen molar-refractivity contribution < 1.29 is 4.52 Å². The van der Waals surface area contributed by atoms with Gasteiger partial charge >= 0.3 is 0 Å². The van der Waals surface area contributed by atoms with Gasteiger partial charge in [-0.2, -0.15) is 0 Å². The number of thiophene rings is 1. The van der Waals surface area contributed by atoms with Gasteiger partial charge < -0.3 is 10.3 Å². The summed E-state index contributed by atoms with van der Waals surface area (Å²) in [6.07, 6.45) is 0. The van der Waals surface area contributed by atoms with Gasteiger partial charge in [-0.15, -0.1) is 11.3 Å². The first-order valence-corrected chi connectivity index (χ1v) is 7.87. The van der Waals surface area contributed by atoms with Crippen molar-refractivity contribution in [3.05, 3.63) is 44.0 Å². The van der Waals surface area contributed by atoms with E-state index in [4.69, 9.17) is 10.3 Å². The zero-order chi connectivity index (χ0) is 13.4. The van der Waals surface area contributed by atoms with Crippen LogP contribution in [0.2, 0.25) is 0 Å². The van der Waals surface area contributed by atoms with E-state index >= 15 is 0 Å². The van der Waals surface area contributed by atoms with E-state index in [0.717, 1.165) is 30.6 Å². The van der Waals surface area contributed by atoms with E-state index < -0.39 is 0 Å². The molecule has 0 aliphatic rings. The molecular formula is C13H8Br2N2OS. The molecule has 96 valence electrons. The highest BCUT2D eigenvalue weighted by atomic mass is 79.9. The first-order chi connectivity index (χ1) is 9.15. The van der Waals surface area contributed by atoms with E-state index in [2.05, 4.69) is 37.0 Å². The molecule has 2 N–H and O–H groups in total. The van der Waals surface area contributed by atoms with Gasteiger partial charge in [0, 0.05) is 15.4 Å². The van der Waals surface area contributed by atoms with Gasteiger partial charge in [0.1, 0.15) is 5.69 Å². The maximum atomic E-state index is 5.91. The fraction of sp³-hybridized carbons (Fsp3) is 0. The number of nitrogens with two attached hydrogens (primary N) is 1. The van der Waals surface area contributed by atoms with Gasteiger partial charge in [-0.1, -0.05) is 33.2 Å². The Labute approximate surface area is 130 Å². The average molecular weight is 400 g/mol. The Morgan fingerprint density at radius 3 is 2.68 bits per heavy atom. The molecule has 2 aromatic heterocycles. The van der Waals surface area contributed by atoms with Crippen molar-refractivity contribution in [2.75, 3.05) is 5.73 Å². The number of halogens is 2. The van der Waals surface area contributed by atoms with Crippen LogP contribution < -0.4 is 5.73 Å². The lowest BCUT2D eigenvalue weighted by Crippen LogP contribution is -1.87. The number of rotatable bonds is 2. The predicted molar refractivity (Wildman–Crippen MR) is 85.1 cm³/mol. The molecule has 0 fully saturated rings. The zero-order valence-electron chi connectivity index (χ0n) is 9.56. The van der Waals surface area contributed by atoms with E-state index in [0.29, 0.717) is 5.88 Å². The summed E-state index contributed by atoms with van der Waals surface area (Å²) in [5.41, 5.74) is 9.47. The molecular weight excluding hydrogens is 392 g/mol. The van der Waals surface area contributed by atoms with Crippen LogP contribution in [0.4, 0.5) is 5.88 Å². The van der Waals surface area contributed by atoms with Gasteiger partial charge in [0.2, 0.25) is 5.88 Å². The van der Waals surface area contributed by atoms with Crippen LogP contribution >= 0.6 is 43.2 Å². The molecule has 0 aliphatic carbocycles. The van der Waals surface area contributed by atoms with E-state index in [1.807, 2.05) is 35.7 Å². The number of nitrogen functional groups attached to an aromatic ring is 1. The van der Waals surface area contributed by atoms with Gasteiger partial charge in [0.25, 0.3) is 0 Å². The number of hydrogen-bond acceptors (Lipinski definition) is 4. The average Bonchev–Trinajstić information content (AvgIpc) is 2.95. The Morgan fingerprint density at radius 2 is 2.00 bits per heavy atom. The van der Waals surface area contributed by atoms with E-state index in [1.165, 1.54) is 0 Å². The molecule has 0 saturated carbocycles. The van der Waals surface area contributed by atoms with Crippen LogP contribution in [0.15, 0.2) is 48.5 Å². The number of aromatic nitrogens is 1. The quantitative estimate of drug-likeness (QED) is 0.645. The van der Waals surface area contributed by atoms with Gasteiger partial charge in [-0.3, -0.25) is 0 Å². The van der Waals surface area contributed by atoms with Gasteiger partial charge in [-0.25, -0.2) is 0 Å². The van der Waals surface area contributed by atoms with Crippen molar-refractivity contribution in [1.82, 2.24) is 5.16 Å². The lowest BCUT2D eigenvalue weighted by atomic mass is 10.0. The maximum Gasteiger partial charge on any atom is 0.230 e. The highest BCUT2D eigenvalue weighted by Crippen LogP contribution is 2.39. The second-order valence-corrected chi connectivity index (χ2v) is 7.13. The monoisotopic (exact) mass is 398 g/mol. The molecule has 0 atom stereocenters. The summed E-state index contributed by atoms with van der Waals surface area (Å²) in [5.74, 6) is 0.329. The number of nitrogens with zero attached hydrogens (tertiary/aromatic N) is 1. The van der Waals surface area contributed by atoms with Crippen LogP contribution in [-0.4, -0.2) is 5.16 Å². The molecule has 3 nitrogen and oxygen atoms in total. The molecule has 19 heavy (non-hydrogen) atoms. The van der Waals surface area contributed by atoms with Gasteiger partial charge in [0.15, 0.2) is 0 Å². The van der Waals surface area contributed by atoms with Gasteiger partial charge in [0.05, 0.1) is 9.35 Å². The highest BCUT2D eigenvalue weighted by molar-refractivity contribution is 9.11. The summed E-state index contributed by atoms with van der Waals surface area (Å²) in [4.78, 5) is 0. The Kier molecular flexibility index (Phi) is 3.47. The molecule has 0 amide bonds. The molecule has 6 heteroatoms. The molecule has 0 radical (unpaired) electrons. The fourth-order valence-corrected chi connectivity index (χ4v) is 3.40. The molecule has 3 rings (SSSR count). The molecule has 3 aromatic rings. The molecule has 0 bridgehead atoms. The predicted octanol–water partition coefficient (Wildman–Crippen LogP) is 5.18. The lowest BCUT2D eigenvalue weighted by molar-refractivity contribution is 0.439. The summed E-state index contributed by atoms with van der Waals surface area (Å²) in [7, 11) is 0. The maximum absolute atomic E-state index is 5.91. The second-order valence-electron chi connectivity index (χ2n) is 3.92. The fourth-order valence-electron chi connectivity index (χ4n) is 1.86. The summed E-state index contributed by atoms with van der Waals surface area (Å²) in [6, 6.07) is 9.91. The number of hydrogen-bond donors (Lipinski definition) is 1. The Morgan fingerprint density at radius 1 is 1.16 bits per heavy atom. The highest BCUT2D eigenvalue weighted by Gasteiger charge is 2.18. The smallest absolute Gasteiger partial charge is 0.230 e. The molecule has 0 aliphatic heterocycles. The van der Waals surface area contributed by atoms with Crippen molar-refractivity contribution in [3.63, 3.8) is 0 Å². The zero-order valence-corrected chi connectivity index (χ0v) is 13.5. The Balaban J connectivity index is 2.19. The minimum absolute atomic E-state index is 0.329. The summed E-state index contributed by atoms with van der Waals surface area (Å²) in [6.45, 7) is 0. The molecule has 0 unspecified atom stereocenters. The Hall–Kier alpha value is -1.11. The normalized spacial score (nSPS) is 10.8. The van der Waals surface area contributed by atoms with E-state index in [1.54, 1.807) is 11.3 Å². The number of benzene rings is 1. The minimum atomic E-state index is 0.329. The van der Waals surface area contributed by atoms with Gasteiger partial charge in [-0.05, 0) is 39.7 Å². The van der Waals surface area contributed by atoms with Crippen molar-refractivity contribution in [1.29, 1.82) is 0 Å². The summed E-state index contributed by atoms with van der Waals surface area (Å²) in [5, 5.41) is 6.09. The summed E-state index contributed by atoms with van der Waals surface area (Å²) < 4.78 is 7.19. The van der Waals surface area contributed by atoms with Crippen molar-refractivity contribution >= 4 is 49.1 Å². The first kappa shape index (κ1) is 12.9. The molecule has 2 heterocycles. The van der Waals surface area contributed by atoms with Crippen molar-refractivity contribution in [2.24, 2.45) is 0 Å². The van der Waals surface area contributed by atoms with Crippen LogP contribution in [-0.2, 0) is 0 Å². The topological polar surface area (TPSA) is 52.0 Å². The van der Waals surface area contributed by atoms with Crippen molar-refractivity contribution in [2.45, 2.75) is 0 Å². The number of anilines is 1. The third-order valence-corrected chi connectivity index (χ3v) is 4.67. The standard InChI is InChI=1S/C13H8Br2N2OS/c14-9-3-1-2-7(4-9)11-12(17-18-13(11)16)8-5-10(15)19-6-8/h1-6H,16H2. The second kappa shape index (κ2) is 5.11. The van der Waals surface area contributed by atoms with Crippen LogP contribution in [0.1, 0.15) is 0 Å². The summed E-state index contributed by atoms with van der Waals surface area (Å²) >= 11 is 8.51. The molecule has 0 spiro atoms. The third-order valence-electron chi connectivity index (χ3n) is 2.67. The van der Waals surface area contributed by atoms with Crippen molar-refractivity contribution in [3.8, 4) is 22.4 Å². The van der Waals surface area contributed by atoms with E-state index in [9.17, 15) is 0 Å². The third kappa shape index (κ3) is 2.48. The van der Waals surface area contributed by atoms with Crippen LogP contribution in [0.5, 0.6) is 0 Å². The van der Waals surface area contributed by atoms with Crippen LogP contribution in [0, 0.1) is 0 Å².